The number of nitrogens with two attached hydrogens (primary N) is 1. The molecule has 1 unspecified atom stereocenters. The highest BCUT2D eigenvalue weighted by Crippen LogP contribution is 2.30. The molecule has 5 N–H and O–H groups in total. The second kappa shape index (κ2) is 11.7. The number of amides is 2. The predicted octanol–water partition coefficient (Wildman–Crippen LogP) is 3.18. The number of carbonyl (C=O) groups is 3. The van der Waals surface area contributed by atoms with Gasteiger partial charge in [-0.1, -0.05) is 66.7 Å². The zero-order valence-electron chi connectivity index (χ0n) is 22.9. The number of nitrogen functional groups attached to an aromatic ring is 1. The Morgan fingerprint density at radius 1 is 1.09 bits per heavy atom. The number of hydrogen-bond donors (Lipinski definition) is 4. The number of nitrogens with one attached hydrogen (secondary N) is 2. The van der Waals surface area contributed by atoms with Crippen LogP contribution >= 0.6 is 0 Å². The molecule has 1 aromatic rings. The lowest BCUT2D eigenvalue weighted by molar-refractivity contribution is -0.141. The van der Waals surface area contributed by atoms with Crippen LogP contribution in [0.5, 0.6) is 0 Å². The molecule has 35 heavy (non-hydrogen) atoms. The molecule has 0 fully saturated rings. The van der Waals surface area contributed by atoms with E-state index in [9.17, 15) is 19.5 Å². The molecule has 0 heterocycles. The van der Waals surface area contributed by atoms with Gasteiger partial charge >= 0.3 is 5.97 Å². The highest BCUT2D eigenvalue weighted by Gasteiger charge is 2.41. The summed E-state index contributed by atoms with van der Waals surface area (Å²) in [5.74, 6) is -1.64. The average molecular weight is 489 g/mol. The van der Waals surface area contributed by atoms with Crippen molar-refractivity contribution in [3.05, 3.63) is 41.5 Å². The molecule has 196 valence electrons. The van der Waals surface area contributed by atoms with E-state index in [1.807, 2.05) is 66.7 Å². The third-order valence-corrected chi connectivity index (χ3v) is 6.54. The smallest absolute Gasteiger partial charge is 0.331 e. The van der Waals surface area contributed by atoms with Gasteiger partial charge in [-0.25, -0.2) is 4.79 Å². The van der Waals surface area contributed by atoms with Crippen LogP contribution in [0, 0.1) is 11.3 Å². The fourth-order valence-electron chi connectivity index (χ4n) is 4.23. The maximum atomic E-state index is 13.7. The summed E-state index contributed by atoms with van der Waals surface area (Å²) in [7, 11) is 3.36. The van der Waals surface area contributed by atoms with Crippen molar-refractivity contribution in [3.63, 3.8) is 0 Å². The molecule has 0 radical (unpaired) electrons. The fourth-order valence-corrected chi connectivity index (χ4v) is 4.23. The summed E-state index contributed by atoms with van der Waals surface area (Å²) in [5.41, 5.74) is 6.45. The second-order valence-electron chi connectivity index (χ2n) is 11.2. The van der Waals surface area contributed by atoms with Crippen molar-refractivity contribution < 1.29 is 19.5 Å². The van der Waals surface area contributed by atoms with Crippen molar-refractivity contribution >= 4 is 23.5 Å². The van der Waals surface area contributed by atoms with E-state index in [1.165, 1.54) is 11.8 Å². The van der Waals surface area contributed by atoms with Crippen LogP contribution in [0.3, 0.4) is 0 Å². The van der Waals surface area contributed by atoms with Gasteiger partial charge < -0.3 is 26.4 Å². The molecular formula is C27H44N4O4. The van der Waals surface area contributed by atoms with Crippen LogP contribution in [0.4, 0.5) is 5.69 Å². The zero-order chi connectivity index (χ0) is 27.3. The quantitative estimate of drug-likeness (QED) is 0.296. The highest BCUT2D eigenvalue weighted by atomic mass is 16.4. The molecule has 1 aromatic carbocycles. The average Bonchev–Trinajstić information content (AvgIpc) is 2.73. The van der Waals surface area contributed by atoms with Crippen LogP contribution in [-0.2, 0) is 19.8 Å². The molecule has 0 saturated carbocycles. The maximum absolute atomic E-state index is 13.7. The molecule has 3 atom stereocenters. The summed E-state index contributed by atoms with van der Waals surface area (Å²) in [5, 5.41) is 15.4. The van der Waals surface area contributed by atoms with Crippen molar-refractivity contribution in [1.29, 1.82) is 0 Å². The number of carboxylic acid groups (broad SMARTS) is 1. The second-order valence-corrected chi connectivity index (χ2v) is 11.2. The fraction of sp³-hybridized carbons (Fsp3) is 0.593. The van der Waals surface area contributed by atoms with Gasteiger partial charge in [0, 0.05) is 23.7 Å². The van der Waals surface area contributed by atoms with Crippen molar-refractivity contribution in [3.8, 4) is 0 Å². The van der Waals surface area contributed by atoms with Crippen LogP contribution in [0.2, 0.25) is 0 Å². The Bertz CT molecular complexity index is 947. The third kappa shape index (κ3) is 7.56. The van der Waals surface area contributed by atoms with Crippen LogP contribution in [0.25, 0.3) is 0 Å². The molecule has 0 aliphatic carbocycles. The van der Waals surface area contributed by atoms with Crippen LogP contribution in [-0.4, -0.2) is 60.0 Å². The Morgan fingerprint density at radius 2 is 1.66 bits per heavy atom. The number of hydrogen-bond acceptors (Lipinski definition) is 5. The first-order valence-electron chi connectivity index (χ1n) is 12.0. The van der Waals surface area contributed by atoms with Crippen molar-refractivity contribution in [2.75, 3.05) is 19.8 Å². The van der Waals surface area contributed by atoms with Crippen LogP contribution in [0.1, 0.15) is 61.0 Å². The molecule has 0 aliphatic heterocycles. The monoisotopic (exact) mass is 488 g/mol. The van der Waals surface area contributed by atoms with E-state index < -0.39 is 34.9 Å². The Kier molecular flexibility index (Phi) is 10.1. The van der Waals surface area contributed by atoms with E-state index in [4.69, 9.17) is 5.73 Å². The molecule has 0 aliphatic rings. The molecule has 8 heteroatoms. The first-order chi connectivity index (χ1) is 15.9. The summed E-state index contributed by atoms with van der Waals surface area (Å²) in [6.07, 6.45) is 1.59. The number of rotatable bonds is 10. The van der Waals surface area contributed by atoms with E-state index in [0.29, 0.717) is 5.69 Å². The summed E-state index contributed by atoms with van der Waals surface area (Å²) in [6, 6.07) is 5.52. The Morgan fingerprint density at radius 3 is 2.09 bits per heavy atom. The van der Waals surface area contributed by atoms with Gasteiger partial charge in [0.1, 0.15) is 6.04 Å². The van der Waals surface area contributed by atoms with E-state index >= 15 is 0 Å². The topological polar surface area (TPSA) is 125 Å². The zero-order valence-corrected chi connectivity index (χ0v) is 22.9. The van der Waals surface area contributed by atoms with Crippen LogP contribution < -0.4 is 16.4 Å². The number of likely N-dealkylation sites (N-methyl/N-ethyl adjacent to an activating group) is 2. The largest absolute Gasteiger partial charge is 0.478 e. The predicted molar refractivity (Wildman–Crippen MR) is 141 cm³/mol. The number of benzene rings is 1. The number of nitrogens with zero attached hydrogens (tertiary/aromatic N) is 1. The van der Waals surface area contributed by atoms with Gasteiger partial charge in [-0.2, -0.15) is 0 Å². The standard InChI is InChI=1S/C27H44N4O4/c1-16(2)20(14-17(3)25(34)35)31(10)24(33)22(26(4,5)6)30-23(32)21(29-9)27(7,8)18-12-11-13-19(28)15-18/h11-16,20-22,29H,28H2,1-10H3,(H,30,32)(H,34,35)/b17-14+/t20-,21?,22-/m1/s1. The Labute approximate surface area is 210 Å². The van der Waals surface area contributed by atoms with Gasteiger partial charge in [0.05, 0.1) is 12.1 Å². The number of anilines is 1. The Balaban J connectivity index is 3.32. The third-order valence-electron chi connectivity index (χ3n) is 6.54. The molecular weight excluding hydrogens is 444 g/mol. The van der Waals surface area contributed by atoms with Gasteiger partial charge in [-0.3, -0.25) is 9.59 Å². The van der Waals surface area contributed by atoms with Gasteiger partial charge in [0.15, 0.2) is 0 Å². The summed E-state index contributed by atoms with van der Waals surface area (Å²) in [4.78, 5) is 40.2. The molecule has 8 nitrogen and oxygen atoms in total. The minimum absolute atomic E-state index is 0.0258. The molecule has 2 amide bonds. The lowest BCUT2D eigenvalue weighted by Crippen LogP contribution is -2.61. The molecule has 0 aromatic heterocycles. The first kappa shape index (κ1) is 30.2. The van der Waals surface area contributed by atoms with Crippen molar-refractivity contribution in [2.24, 2.45) is 11.3 Å². The van der Waals surface area contributed by atoms with Crippen molar-refractivity contribution in [2.45, 2.75) is 78.9 Å². The highest BCUT2D eigenvalue weighted by molar-refractivity contribution is 5.91. The molecule has 1 rings (SSSR count). The molecule has 0 bridgehead atoms. The van der Waals surface area contributed by atoms with E-state index in [0.717, 1.165) is 5.56 Å². The summed E-state index contributed by atoms with van der Waals surface area (Å²) in [6.45, 7) is 15.0. The molecule has 0 saturated heterocycles. The van der Waals surface area contributed by atoms with E-state index in [-0.39, 0.29) is 23.3 Å². The van der Waals surface area contributed by atoms with E-state index in [2.05, 4.69) is 10.6 Å². The summed E-state index contributed by atoms with van der Waals surface area (Å²) >= 11 is 0. The minimum Gasteiger partial charge on any atom is -0.478 e. The Hall–Kier alpha value is -2.87. The normalized spacial score (nSPS) is 15.3. The maximum Gasteiger partial charge on any atom is 0.331 e. The minimum atomic E-state index is -1.03. The lowest BCUT2D eigenvalue weighted by atomic mass is 9.76. The SMILES string of the molecule is CNC(C(=O)N[C@H](C(=O)N(C)[C@H](/C=C(\C)C(=O)O)C(C)C)C(C)(C)C)C(C)(C)c1cccc(N)c1. The molecule has 0 spiro atoms. The number of aliphatic carboxylic acids is 1. The number of carboxylic acids is 1. The van der Waals surface area contributed by atoms with E-state index in [1.54, 1.807) is 26.2 Å². The van der Waals surface area contributed by atoms with Gasteiger partial charge in [-0.05, 0) is 43.0 Å². The van der Waals surface area contributed by atoms with Crippen molar-refractivity contribution in [1.82, 2.24) is 15.5 Å². The summed E-state index contributed by atoms with van der Waals surface area (Å²) < 4.78 is 0. The lowest BCUT2D eigenvalue weighted by Gasteiger charge is -2.40. The van der Waals surface area contributed by atoms with Gasteiger partial charge in [0.25, 0.3) is 0 Å². The van der Waals surface area contributed by atoms with Gasteiger partial charge in [-0.15, -0.1) is 0 Å². The number of carbonyl (C=O) groups excluding carboxylic acids is 2. The van der Waals surface area contributed by atoms with Gasteiger partial charge in [0.2, 0.25) is 11.8 Å². The van der Waals surface area contributed by atoms with Crippen LogP contribution in [0.15, 0.2) is 35.9 Å². The first-order valence-corrected chi connectivity index (χ1v) is 12.0.